The van der Waals surface area contributed by atoms with Crippen LogP contribution in [-0.2, 0) is 6.42 Å². The number of likely N-dealkylation sites (tertiary alicyclic amines) is 1. The molecule has 0 bridgehead atoms. The number of carbonyl (C=O) groups is 1. The molecule has 1 aliphatic heterocycles. The molecule has 26 heavy (non-hydrogen) atoms. The molecule has 3 heterocycles. The molecule has 1 fully saturated rings. The highest BCUT2D eigenvalue weighted by Gasteiger charge is 2.28. The van der Waals surface area contributed by atoms with Crippen molar-refractivity contribution in [2.45, 2.75) is 38.1 Å². The van der Waals surface area contributed by atoms with Gasteiger partial charge in [-0.15, -0.1) is 0 Å². The minimum atomic E-state index is 0.0848. The summed E-state index contributed by atoms with van der Waals surface area (Å²) in [5.74, 6) is 0.373. The molecule has 1 aliphatic rings. The second kappa shape index (κ2) is 7.20. The highest BCUT2D eigenvalue weighted by Crippen LogP contribution is 2.25. The number of rotatable bonds is 4. The third kappa shape index (κ3) is 3.29. The van der Waals surface area contributed by atoms with E-state index in [0.717, 1.165) is 37.7 Å². The smallest absolute Gasteiger partial charge is 0.257 e. The summed E-state index contributed by atoms with van der Waals surface area (Å²) in [6.07, 6.45) is 8.66. The molecule has 0 spiro atoms. The predicted octanol–water partition coefficient (Wildman–Crippen LogP) is 3.67. The van der Waals surface area contributed by atoms with Crippen LogP contribution in [0.25, 0.3) is 5.52 Å². The van der Waals surface area contributed by atoms with Crippen LogP contribution in [0.3, 0.4) is 0 Å². The molecule has 0 saturated carbocycles. The molecule has 1 atom stereocenters. The maximum atomic E-state index is 13.2. The van der Waals surface area contributed by atoms with Crippen LogP contribution >= 0.6 is 0 Å². The van der Waals surface area contributed by atoms with Crippen LogP contribution < -0.4 is 0 Å². The number of benzene rings is 1. The van der Waals surface area contributed by atoms with E-state index >= 15 is 0 Å². The van der Waals surface area contributed by atoms with Crippen molar-refractivity contribution in [1.29, 1.82) is 0 Å². The number of phenolic OH excluding ortho intramolecular Hbond substituents is 1. The zero-order valence-corrected chi connectivity index (χ0v) is 14.7. The van der Waals surface area contributed by atoms with Gasteiger partial charge in [0.05, 0.1) is 17.3 Å². The highest BCUT2D eigenvalue weighted by atomic mass is 16.3. The molecule has 5 nitrogen and oxygen atoms in total. The van der Waals surface area contributed by atoms with E-state index in [0.29, 0.717) is 5.56 Å². The largest absolute Gasteiger partial charge is 0.508 e. The number of hydrogen-bond donors (Lipinski definition) is 1. The number of aryl methyl sites for hydroxylation is 1. The van der Waals surface area contributed by atoms with Gasteiger partial charge in [0.25, 0.3) is 5.91 Å². The topological polar surface area (TPSA) is 57.8 Å². The summed E-state index contributed by atoms with van der Waals surface area (Å²) in [5.41, 5.74) is 2.74. The summed E-state index contributed by atoms with van der Waals surface area (Å²) in [6.45, 7) is 0.809. The van der Waals surface area contributed by atoms with Crippen molar-refractivity contribution in [3.8, 4) is 5.75 Å². The molecule has 1 saturated heterocycles. The molecule has 0 radical (unpaired) electrons. The third-order valence-electron chi connectivity index (χ3n) is 5.25. The Bertz CT molecular complexity index is 901. The normalized spacial score (nSPS) is 17.5. The van der Waals surface area contributed by atoms with Gasteiger partial charge in [-0.25, -0.2) is 4.52 Å². The van der Waals surface area contributed by atoms with Gasteiger partial charge in [0.1, 0.15) is 5.75 Å². The molecular weight excluding hydrogens is 326 g/mol. The molecule has 1 aromatic carbocycles. The van der Waals surface area contributed by atoms with Crippen molar-refractivity contribution < 1.29 is 9.90 Å². The van der Waals surface area contributed by atoms with Crippen LogP contribution in [0.1, 0.15) is 41.6 Å². The first-order chi connectivity index (χ1) is 12.7. The maximum absolute atomic E-state index is 13.2. The van der Waals surface area contributed by atoms with Crippen LogP contribution in [-0.4, -0.2) is 38.1 Å². The van der Waals surface area contributed by atoms with Gasteiger partial charge in [0.15, 0.2) is 0 Å². The van der Waals surface area contributed by atoms with E-state index in [4.69, 9.17) is 0 Å². The maximum Gasteiger partial charge on any atom is 0.257 e. The first-order valence-corrected chi connectivity index (χ1v) is 9.23. The number of aromatic hydroxyl groups is 1. The van der Waals surface area contributed by atoms with E-state index in [1.165, 1.54) is 12.0 Å². The van der Waals surface area contributed by atoms with Crippen molar-refractivity contribution in [2.75, 3.05) is 6.54 Å². The Morgan fingerprint density at radius 2 is 2.00 bits per heavy atom. The Morgan fingerprint density at radius 1 is 1.15 bits per heavy atom. The SMILES string of the molecule is O=C(c1cnn2ccccc12)N1CCCCC1CCc1ccc(O)cc1. The quantitative estimate of drug-likeness (QED) is 0.782. The predicted molar refractivity (Wildman–Crippen MR) is 100 cm³/mol. The summed E-state index contributed by atoms with van der Waals surface area (Å²) in [7, 11) is 0. The molecule has 3 aromatic rings. The lowest BCUT2D eigenvalue weighted by molar-refractivity contribution is 0.0604. The fraction of sp³-hybridized carbons (Fsp3) is 0.333. The van der Waals surface area contributed by atoms with Gasteiger partial charge in [-0.3, -0.25) is 4.79 Å². The van der Waals surface area contributed by atoms with Crippen molar-refractivity contribution in [2.24, 2.45) is 0 Å². The Kier molecular flexibility index (Phi) is 4.61. The molecular formula is C21H23N3O2. The zero-order chi connectivity index (χ0) is 17.9. The van der Waals surface area contributed by atoms with E-state index < -0.39 is 0 Å². The second-order valence-corrected chi connectivity index (χ2v) is 6.94. The van der Waals surface area contributed by atoms with Gasteiger partial charge in [-0.2, -0.15) is 5.10 Å². The number of phenols is 1. The fourth-order valence-electron chi connectivity index (χ4n) is 3.82. The fourth-order valence-corrected chi connectivity index (χ4v) is 3.82. The molecule has 4 rings (SSSR count). The number of pyridine rings is 1. The monoisotopic (exact) mass is 349 g/mol. The molecule has 5 heteroatoms. The van der Waals surface area contributed by atoms with Crippen LogP contribution in [0, 0.1) is 0 Å². The summed E-state index contributed by atoms with van der Waals surface area (Å²) in [5, 5.41) is 13.7. The summed E-state index contributed by atoms with van der Waals surface area (Å²) in [4.78, 5) is 15.2. The van der Waals surface area contributed by atoms with E-state index in [-0.39, 0.29) is 17.7 Å². The number of fused-ring (bicyclic) bond motifs is 1. The zero-order valence-electron chi connectivity index (χ0n) is 14.7. The van der Waals surface area contributed by atoms with E-state index in [9.17, 15) is 9.90 Å². The lowest BCUT2D eigenvalue weighted by Gasteiger charge is -2.36. The van der Waals surface area contributed by atoms with Gasteiger partial charge in [0, 0.05) is 18.8 Å². The van der Waals surface area contributed by atoms with E-state index in [2.05, 4.69) is 5.10 Å². The number of carbonyl (C=O) groups excluding carboxylic acids is 1. The number of aromatic nitrogens is 2. The molecule has 2 aromatic heterocycles. The van der Waals surface area contributed by atoms with Crippen molar-refractivity contribution >= 4 is 11.4 Å². The minimum absolute atomic E-state index is 0.0848. The lowest BCUT2D eigenvalue weighted by atomic mass is 9.95. The highest BCUT2D eigenvalue weighted by molar-refractivity contribution is 6.00. The average molecular weight is 349 g/mol. The van der Waals surface area contributed by atoms with Crippen LogP contribution in [0.15, 0.2) is 54.9 Å². The van der Waals surface area contributed by atoms with E-state index in [1.807, 2.05) is 41.4 Å². The molecule has 1 amide bonds. The van der Waals surface area contributed by atoms with E-state index in [1.54, 1.807) is 22.8 Å². The second-order valence-electron chi connectivity index (χ2n) is 6.94. The number of nitrogens with zero attached hydrogens (tertiary/aromatic N) is 3. The summed E-state index contributed by atoms with van der Waals surface area (Å²) in [6, 6.07) is 13.4. The van der Waals surface area contributed by atoms with Crippen molar-refractivity contribution in [1.82, 2.24) is 14.5 Å². The van der Waals surface area contributed by atoms with Crippen LogP contribution in [0.5, 0.6) is 5.75 Å². The van der Waals surface area contributed by atoms with Gasteiger partial charge < -0.3 is 10.0 Å². The minimum Gasteiger partial charge on any atom is -0.508 e. The molecule has 1 unspecified atom stereocenters. The van der Waals surface area contributed by atoms with Crippen LogP contribution in [0.2, 0.25) is 0 Å². The Hall–Kier alpha value is -2.82. The Morgan fingerprint density at radius 3 is 2.85 bits per heavy atom. The molecule has 1 N–H and O–H groups in total. The standard InChI is InChI=1S/C21H23N3O2/c25-18-11-8-16(9-12-18)7-10-17-5-1-3-13-23(17)21(26)19-15-22-24-14-4-2-6-20(19)24/h2,4,6,8-9,11-12,14-15,17,25H,1,3,5,7,10,13H2. The van der Waals surface area contributed by atoms with Gasteiger partial charge in [-0.1, -0.05) is 18.2 Å². The first-order valence-electron chi connectivity index (χ1n) is 9.23. The van der Waals surface area contributed by atoms with Gasteiger partial charge >= 0.3 is 0 Å². The summed E-state index contributed by atoms with van der Waals surface area (Å²) >= 11 is 0. The number of piperidine rings is 1. The van der Waals surface area contributed by atoms with Crippen molar-refractivity contribution in [3.63, 3.8) is 0 Å². The lowest BCUT2D eigenvalue weighted by Crippen LogP contribution is -2.44. The van der Waals surface area contributed by atoms with Crippen molar-refractivity contribution in [3.05, 3.63) is 66.0 Å². The Labute approximate surface area is 152 Å². The molecule has 134 valence electrons. The van der Waals surface area contributed by atoms with Crippen LogP contribution in [0.4, 0.5) is 0 Å². The first kappa shape index (κ1) is 16.6. The van der Waals surface area contributed by atoms with Gasteiger partial charge in [0.2, 0.25) is 0 Å². The Balaban J connectivity index is 1.51. The molecule has 0 aliphatic carbocycles. The van der Waals surface area contributed by atoms with Gasteiger partial charge in [-0.05, 0) is 61.9 Å². The third-order valence-corrected chi connectivity index (χ3v) is 5.25. The number of amides is 1. The average Bonchev–Trinajstić information content (AvgIpc) is 3.11. The summed E-state index contributed by atoms with van der Waals surface area (Å²) < 4.78 is 1.75. The number of hydrogen-bond acceptors (Lipinski definition) is 3.